The molecule has 0 spiro atoms. The van der Waals surface area contributed by atoms with E-state index in [0.717, 1.165) is 21.8 Å². The molecule has 0 radical (unpaired) electrons. The third-order valence-corrected chi connectivity index (χ3v) is 6.72. The molecule has 0 saturated carbocycles. The predicted octanol–water partition coefficient (Wildman–Crippen LogP) is 4.92. The summed E-state index contributed by atoms with van der Waals surface area (Å²) in [7, 11) is 0. The number of nitrogens with zero attached hydrogens (tertiary/aromatic N) is 2. The summed E-state index contributed by atoms with van der Waals surface area (Å²) in [6.07, 6.45) is 1.89. The van der Waals surface area contributed by atoms with Gasteiger partial charge in [-0.2, -0.15) is 5.26 Å². The molecule has 2 heterocycles. The fourth-order valence-corrected chi connectivity index (χ4v) is 4.89. The predicted molar refractivity (Wildman–Crippen MR) is 126 cm³/mol. The zero-order valence-corrected chi connectivity index (χ0v) is 19.5. The van der Waals surface area contributed by atoms with Crippen LogP contribution in [0.4, 0.5) is 10.1 Å². The number of halogens is 2. The van der Waals surface area contributed by atoms with Crippen LogP contribution >= 0.6 is 27.7 Å². The average Bonchev–Trinajstić information content (AvgIpc) is 3.44. The molecule has 0 bridgehead atoms. The van der Waals surface area contributed by atoms with Gasteiger partial charge < -0.3 is 9.73 Å². The van der Waals surface area contributed by atoms with Crippen molar-refractivity contribution < 1.29 is 18.4 Å². The van der Waals surface area contributed by atoms with Gasteiger partial charge in [0.25, 0.3) is 5.91 Å². The molecule has 4 rings (SSSR count). The molecule has 1 atom stereocenters. The van der Waals surface area contributed by atoms with Crippen LogP contribution in [0.2, 0.25) is 0 Å². The molecule has 1 aromatic heterocycles. The van der Waals surface area contributed by atoms with Crippen LogP contribution in [0.25, 0.3) is 0 Å². The van der Waals surface area contributed by atoms with Crippen LogP contribution in [0.15, 0.2) is 86.4 Å². The lowest BCUT2D eigenvalue weighted by Crippen LogP contribution is -2.32. The number of hydrogen-bond acceptors (Lipinski definition) is 5. The van der Waals surface area contributed by atoms with Crippen molar-refractivity contribution in [3.8, 4) is 6.07 Å². The van der Waals surface area contributed by atoms with Crippen molar-refractivity contribution in [2.75, 3.05) is 4.90 Å². The van der Waals surface area contributed by atoms with Crippen LogP contribution in [-0.4, -0.2) is 17.1 Å². The second kappa shape index (κ2) is 10.1. The van der Waals surface area contributed by atoms with E-state index in [1.165, 1.54) is 35.4 Å². The standard InChI is InChI=1S/C24H17BrFN3O3S/c25-16-5-3-15(4-6-16)12-21-23(31)29(18-9-7-17(26)8-10-18)24(33-21)20(13-27)22(30)28-14-19-2-1-11-32-19/h1-11,21H,12,14H2,(H,28,30). The Balaban J connectivity index is 1.67. The Morgan fingerprint density at radius 2 is 1.91 bits per heavy atom. The van der Waals surface area contributed by atoms with Crippen LogP contribution in [-0.2, 0) is 22.6 Å². The molecule has 1 aliphatic heterocycles. The maximum Gasteiger partial charge on any atom is 0.265 e. The SMILES string of the molecule is N#CC(C(=O)NCc1ccco1)=C1SC(Cc2ccc(Br)cc2)C(=O)N1c1ccc(F)cc1. The van der Waals surface area contributed by atoms with Crippen molar-refractivity contribution in [1.29, 1.82) is 5.26 Å². The van der Waals surface area contributed by atoms with E-state index >= 15 is 0 Å². The Labute approximate surface area is 202 Å². The lowest BCUT2D eigenvalue weighted by Gasteiger charge is -2.18. The summed E-state index contributed by atoms with van der Waals surface area (Å²) in [5.74, 6) is -0.826. The summed E-state index contributed by atoms with van der Waals surface area (Å²) in [6.45, 7) is 0.0990. The Kier molecular flexibility index (Phi) is 6.96. The van der Waals surface area contributed by atoms with E-state index in [4.69, 9.17) is 4.42 Å². The monoisotopic (exact) mass is 525 g/mol. The van der Waals surface area contributed by atoms with Crippen LogP contribution in [0, 0.1) is 17.1 Å². The van der Waals surface area contributed by atoms with Crippen LogP contribution < -0.4 is 10.2 Å². The molecule has 2 aromatic carbocycles. The third kappa shape index (κ3) is 5.18. The Bertz CT molecular complexity index is 1240. The van der Waals surface area contributed by atoms with Gasteiger partial charge in [0, 0.05) is 10.2 Å². The highest BCUT2D eigenvalue weighted by molar-refractivity contribution is 9.10. The minimum Gasteiger partial charge on any atom is -0.467 e. The number of rotatable bonds is 6. The van der Waals surface area contributed by atoms with Crippen molar-refractivity contribution in [2.24, 2.45) is 0 Å². The van der Waals surface area contributed by atoms with Gasteiger partial charge in [-0.3, -0.25) is 14.5 Å². The summed E-state index contributed by atoms with van der Waals surface area (Å²) in [5, 5.41) is 12.1. The quantitative estimate of drug-likeness (QED) is 0.364. The molecular formula is C24H17BrFN3O3S. The highest BCUT2D eigenvalue weighted by Gasteiger charge is 2.40. The summed E-state index contributed by atoms with van der Waals surface area (Å²) < 4.78 is 19.6. The molecule has 33 heavy (non-hydrogen) atoms. The van der Waals surface area contributed by atoms with E-state index in [1.807, 2.05) is 30.3 Å². The van der Waals surface area contributed by atoms with Crippen LogP contribution in [0.3, 0.4) is 0 Å². The van der Waals surface area contributed by atoms with Gasteiger partial charge in [0.2, 0.25) is 5.91 Å². The summed E-state index contributed by atoms with van der Waals surface area (Å²) >= 11 is 4.55. The zero-order chi connectivity index (χ0) is 23.4. The number of amides is 2. The number of nitriles is 1. The van der Waals surface area contributed by atoms with Crippen molar-refractivity contribution in [3.63, 3.8) is 0 Å². The molecule has 0 aliphatic carbocycles. The molecule has 6 nitrogen and oxygen atoms in total. The number of carbonyl (C=O) groups excluding carboxylic acids is 2. The summed E-state index contributed by atoms with van der Waals surface area (Å²) in [4.78, 5) is 27.5. The number of anilines is 1. The van der Waals surface area contributed by atoms with Crippen molar-refractivity contribution in [1.82, 2.24) is 5.32 Å². The van der Waals surface area contributed by atoms with Gasteiger partial charge in [-0.05, 0) is 60.5 Å². The maximum atomic E-state index is 13.5. The first kappa shape index (κ1) is 22.8. The fourth-order valence-electron chi connectivity index (χ4n) is 3.32. The third-order valence-electron chi connectivity index (χ3n) is 4.93. The maximum absolute atomic E-state index is 13.5. The van der Waals surface area contributed by atoms with Crippen LogP contribution in [0.5, 0.6) is 0 Å². The molecule has 1 unspecified atom stereocenters. The largest absolute Gasteiger partial charge is 0.467 e. The summed E-state index contributed by atoms with van der Waals surface area (Å²) in [5.41, 5.74) is 1.13. The number of thioether (sulfide) groups is 1. The number of nitrogens with one attached hydrogen (secondary N) is 1. The highest BCUT2D eigenvalue weighted by Crippen LogP contribution is 2.42. The molecule has 1 aliphatic rings. The van der Waals surface area contributed by atoms with Crippen LogP contribution in [0.1, 0.15) is 11.3 Å². The van der Waals surface area contributed by atoms with E-state index in [-0.39, 0.29) is 23.1 Å². The fraction of sp³-hybridized carbons (Fsp3) is 0.125. The number of carbonyl (C=O) groups is 2. The number of benzene rings is 2. The first-order valence-electron chi connectivity index (χ1n) is 9.92. The van der Waals surface area contributed by atoms with E-state index in [2.05, 4.69) is 21.2 Å². The van der Waals surface area contributed by atoms with Gasteiger partial charge in [0.05, 0.1) is 18.1 Å². The van der Waals surface area contributed by atoms with Gasteiger partial charge in [0.1, 0.15) is 28.2 Å². The molecule has 1 N–H and O–H groups in total. The van der Waals surface area contributed by atoms with E-state index in [0.29, 0.717) is 17.9 Å². The molecule has 166 valence electrons. The van der Waals surface area contributed by atoms with E-state index in [9.17, 15) is 19.2 Å². The van der Waals surface area contributed by atoms with Gasteiger partial charge >= 0.3 is 0 Å². The molecule has 2 amide bonds. The molecule has 1 fully saturated rings. The van der Waals surface area contributed by atoms with E-state index in [1.54, 1.807) is 12.1 Å². The Morgan fingerprint density at radius 3 is 2.55 bits per heavy atom. The van der Waals surface area contributed by atoms with Crippen molar-refractivity contribution in [2.45, 2.75) is 18.2 Å². The lowest BCUT2D eigenvalue weighted by atomic mass is 10.1. The topological polar surface area (TPSA) is 86.3 Å². The average molecular weight is 526 g/mol. The van der Waals surface area contributed by atoms with E-state index < -0.39 is 17.0 Å². The van der Waals surface area contributed by atoms with Gasteiger partial charge in [0.15, 0.2) is 0 Å². The second-order valence-corrected chi connectivity index (χ2v) is 9.25. The smallest absolute Gasteiger partial charge is 0.265 e. The number of hydrogen-bond donors (Lipinski definition) is 1. The summed E-state index contributed by atoms with van der Waals surface area (Å²) in [6, 6.07) is 18.3. The van der Waals surface area contributed by atoms with Gasteiger partial charge in [-0.15, -0.1) is 0 Å². The lowest BCUT2D eigenvalue weighted by molar-refractivity contribution is -0.117. The Hall–Kier alpha value is -3.35. The van der Waals surface area contributed by atoms with Crippen molar-refractivity contribution >= 4 is 45.2 Å². The highest BCUT2D eigenvalue weighted by atomic mass is 79.9. The molecule has 3 aromatic rings. The number of furan rings is 1. The molecular weight excluding hydrogens is 509 g/mol. The zero-order valence-electron chi connectivity index (χ0n) is 17.1. The molecule has 9 heteroatoms. The normalized spacial score (nSPS) is 17.1. The second-order valence-electron chi connectivity index (χ2n) is 7.14. The first-order valence-corrected chi connectivity index (χ1v) is 11.6. The Morgan fingerprint density at radius 1 is 1.18 bits per heavy atom. The first-order chi connectivity index (χ1) is 16.0. The molecule has 1 saturated heterocycles. The van der Waals surface area contributed by atoms with Crippen molar-refractivity contribution in [3.05, 3.63) is 99.1 Å². The minimum atomic E-state index is -0.624. The van der Waals surface area contributed by atoms with Gasteiger partial charge in [-0.1, -0.05) is 39.8 Å². The minimum absolute atomic E-state index is 0.0990. The van der Waals surface area contributed by atoms with Gasteiger partial charge in [-0.25, -0.2) is 4.39 Å².